The molecule has 1 rings (SSSR count). The highest BCUT2D eigenvalue weighted by molar-refractivity contribution is 4.79. The van der Waals surface area contributed by atoms with Crippen molar-refractivity contribution in [3.05, 3.63) is 0 Å². The van der Waals surface area contributed by atoms with Gasteiger partial charge in [-0.2, -0.15) is 0 Å². The molecule has 0 bridgehead atoms. The number of nitrogens with two attached hydrogens (primary N) is 1. The van der Waals surface area contributed by atoms with E-state index in [0.717, 1.165) is 12.6 Å². The number of hydrogen-bond acceptors (Lipinski definition) is 3. The zero-order valence-corrected chi connectivity index (χ0v) is 10.7. The molecule has 1 fully saturated rings. The molecular formula is C12H27N3. The largest absolute Gasteiger partial charge is 0.326 e. The van der Waals surface area contributed by atoms with Crippen molar-refractivity contribution in [1.82, 2.24) is 9.80 Å². The monoisotopic (exact) mass is 213 g/mol. The first kappa shape index (κ1) is 12.9. The highest BCUT2D eigenvalue weighted by Crippen LogP contribution is 2.14. The Morgan fingerprint density at radius 3 is 2.20 bits per heavy atom. The smallest absolute Gasteiger partial charge is 0.0191 e. The molecule has 0 spiro atoms. The van der Waals surface area contributed by atoms with Gasteiger partial charge in [0.2, 0.25) is 0 Å². The summed E-state index contributed by atoms with van der Waals surface area (Å²) >= 11 is 0. The van der Waals surface area contributed by atoms with Crippen molar-refractivity contribution in [3.63, 3.8) is 0 Å². The van der Waals surface area contributed by atoms with Gasteiger partial charge in [0.25, 0.3) is 0 Å². The third-order valence-electron chi connectivity index (χ3n) is 3.61. The lowest BCUT2D eigenvalue weighted by molar-refractivity contribution is 0.134. The maximum Gasteiger partial charge on any atom is 0.0191 e. The standard InChI is InChI=1S/C12H27N3/c1-10(2)12(13)9-15-7-5-11(6-8-15)14(3)4/h10-12H,5-9,13H2,1-4H3/t12-/m1/s1. The maximum absolute atomic E-state index is 6.09. The van der Waals surface area contributed by atoms with Gasteiger partial charge in [-0.05, 0) is 45.9 Å². The van der Waals surface area contributed by atoms with Gasteiger partial charge in [0.1, 0.15) is 0 Å². The van der Waals surface area contributed by atoms with E-state index in [1.54, 1.807) is 0 Å². The van der Waals surface area contributed by atoms with Gasteiger partial charge in [-0.3, -0.25) is 0 Å². The summed E-state index contributed by atoms with van der Waals surface area (Å²) in [5.74, 6) is 0.594. The molecule has 1 atom stereocenters. The SMILES string of the molecule is CC(C)[C@H](N)CN1CCC(N(C)C)CC1. The quantitative estimate of drug-likeness (QED) is 0.756. The van der Waals surface area contributed by atoms with Gasteiger partial charge >= 0.3 is 0 Å². The van der Waals surface area contributed by atoms with Gasteiger partial charge in [0.05, 0.1) is 0 Å². The van der Waals surface area contributed by atoms with E-state index in [0.29, 0.717) is 12.0 Å². The zero-order chi connectivity index (χ0) is 11.4. The Labute approximate surface area is 94.6 Å². The summed E-state index contributed by atoms with van der Waals surface area (Å²) in [6.07, 6.45) is 2.58. The van der Waals surface area contributed by atoms with Crippen molar-refractivity contribution >= 4 is 0 Å². The van der Waals surface area contributed by atoms with Crippen LogP contribution in [0.5, 0.6) is 0 Å². The maximum atomic E-state index is 6.09. The first-order valence-electron chi connectivity index (χ1n) is 6.15. The minimum atomic E-state index is 0.334. The minimum Gasteiger partial charge on any atom is -0.326 e. The number of likely N-dealkylation sites (tertiary alicyclic amines) is 1. The van der Waals surface area contributed by atoms with Crippen LogP contribution in [-0.2, 0) is 0 Å². The lowest BCUT2D eigenvalue weighted by Gasteiger charge is -2.36. The first-order valence-corrected chi connectivity index (χ1v) is 6.15. The number of piperidine rings is 1. The topological polar surface area (TPSA) is 32.5 Å². The van der Waals surface area contributed by atoms with Crippen molar-refractivity contribution in [2.24, 2.45) is 11.7 Å². The molecule has 2 N–H and O–H groups in total. The Bertz CT molecular complexity index is 172. The Kier molecular flexibility index (Phi) is 5.03. The van der Waals surface area contributed by atoms with E-state index in [4.69, 9.17) is 5.73 Å². The second-order valence-electron chi connectivity index (χ2n) is 5.40. The summed E-state index contributed by atoms with van der Waals surface area (Å²) in [5, 5.41) is 0. The third-order valence-corrected chi connectivity index (χ3v) is 3.61. The summed E-state index contributed by atoms with van der Waals surface area (Å²) in [7, 11) is 4.36. The van der Waals surface area contributed by atoms with Crippen LogP contribution in [0.25, 0.3) is 0 Å². The first-order chi connectivity index (χ1) is 7.00. The van der Waals surface area contributed by atoms with Crippen LogP contribution < -0.4 is 5.73 Å². The molecular weight excluding hydrogens is 186 g/mol. The van der Waals surface area contributed by atoms with Crippen LogP contribution in [0.2, 0.25) is 0 Å². The summed E-state index contributed by atoms with van der Waals surface area (Å²) in [4.78, 5) is 4.87. The van der Waals surface area contributed by atoms with E-state index < -0.39 is 0 Å². The Hall–Kier alpha value is -0.120. The molecule has 1 aliphatic heterocycles. The predicted octanol–water partition coefficient (Wildman–Crippen LogP) is 0.996. The average molecular weight is 213 g/mol. The number of nitrogens with zero attached hydrogens (tertiary/aromatic N) is 2. The van der Waals surface area contributed by atoms with Gasteiger partial charge in [-0.15, -0.1) is 0 Å². The highest BCUT2D eigenvalue weighted by Gasteiger charge is 2.22. The van der Waals surface area contributed by atoms with Crippen molar-refractivity contribution in [3.8, 4) is 0 Å². The van der Waals surface area contributed by atoms with Crippen LogP contribution >= 0.6 is 0 Å². The fourth-order valence-electron chi connectivity index (χ4n) is 2.13. The average Bonchev–Trinajstić information content (AvgIpc) is 2.18. The van der Waals surface area contributed by atoms with Gasteiger partial charge in [0, 0.05) is 18.6 Å². The molecule has 15 heavy (non-hydrogen) atoms. The molecule has 0 aliphatic carbocycles. The van der Waals surface area contributed by atoms with Crippen molar-refractivity contribution < 1.29 is 0 Å². The summed E-state index contributed by atoms with van der Waals surface area (Å²) < 4.78 is 0. The Morgan fingerprint density at radius 1 is 1.27 bits per heavy atom. The van der Waals surface area contributed by atoms with Gasteiger partial charge in [-0.1, -0.05) is 13.8 Å². The highest BCUT2D eigenvalue weighted by atomic mass is 15.2. The molecule has 0 aromatic heterocycles. The minimum absolute atomic E-state index is 0.334. The van der Waals surface area contributed by atoms with Crippen LogP contribution in [0.1, 0.15) is 26.7 Å². The van der Waals surface area contributed by atoms with E-state index >= 15 is 0 Å². The van der Waals surface area contributed by atoms with Crippen molar-refractivity contribution in [1.29, 1.82) is 0 Å². The molecule has 0 unspecified atom stereocenters. The predicted molar refractivity (Wildman–Crippen MR) is 66.0 cm³/mol. The Balaban J connectivity index is 2.25. The second kappa shape index (κ2) is 5.83. The lowest BCUT2D eigenvalue weighted by Crippen LogP contribution is -2.47. The van der Waals surface area contributed by atoms with Crippen LogP contribution in [0, 0.1) is 5.92 Å². The van der Waals surface area contributed by atoms with E-state index in [1.807, 2.05) is 0 Å². The summed E-state index contributed by atoms with van der Waals surface area (Å²) in [6.45, 7) is 7.90. The fraction of sp³-hybridized carbons (Fsp3) is 1.00. The molecule has 0 aromatic carbocycles. The van der Waals surface area contributed by atoms with Gasteiger partial charge in [0.15, 0.2) is 0 Å². The molecule has 3 heteroatoms. The number of hydrogen-bond donors (Lipinski definition) is 1. The van der Waals surface area contributed by atoms with E-state index in [-0.39, 0.29) is 0 Å². The molecule has 0 saturated carbocycles. The third kappa shape index (κ3) is 4.09. The molecule has 1 saturated heterocycles. The molecule has 0 amide bonds. The van der Waals surface area contributed by atoms with E-state index in [2.05, 4.69) is 37.7 Å². The van der Waals surface area contributed by atoms with Crippen molar-refractivity contribution in [2.45, 2.75) is 38.8 Å². The van der Waals surface area contributed by atoms with Crippen LogP contribution in [0.4, 0.5) is 0 Å². The molecule has 0 aromatic rings. The van der Waals surface area contributed by atoms with E-state index in [9.17, 15) is 0 Å². The summed E-state index contributed by atoms with van der Waals surface area (Å²) in [6, 6.07) is 1.11. The molecule has 1 aliphatic rings. The van der Waals surface area contributed by atoms with Gasteiger partial charge in [-0.25, -0.2) is 0 Å². The summed E-state index contributed by atoms with van der Waals surface area (Å²) in [5.41, 5.74) is 6.09. The van der Waals surface area contributed by atoms with Crippen LogP contribution in [-0.4, -0.2) is 55.6 Å². The normalized spacial score (nSPS) is 22.6. The van der Waals surface area contributed by atoms with E-state index in [1.165, 1.54) is 25.9 Å². The van der Waals surface area contributed by atoms with Crippen LogP contribution in [0.15, 0.2) is 0 Å². The molecule has 1 heterocycles. The molecule has 3 nitrogen and oxygen atoms in total. The van der Waals surface area contributed by atoms with Crippen LogP contribution in [0.3, 0.4) is 0 Å². The fourth-order valence-corrected chi connectivity index (χ4v) is 2.13. The molecule has 90 valence electrons. The molecule has 0 radical (unpaired) electrons. The van der Waals surface area contributed by atoms with Crippen molar-refractivity contribution in [2.75, 3.05) is 33.7 Å². The lowest BCUT2D eigenvalue weighted by atomic mass is 10.0. The Morgan fingerprint density at radius 2 is 1.80 bits per heavy atom. The second-order valence-corrected chi connectivity index (χ2v) is 5.40. The van der Waals surface area contributed by atoms with Gasteiger partial charge < -0.3 is 15.5 Å². The number of rotatable bonds is 4. The zero-order valence-electron chi connectivity index (χ0n) is 10.7.